The van der Waals surface area contributed by atoms with E-state index in [1.807, 2.05) is 18.2 Å². The van der Waals surface area contributed by atoms with E-state index in [-0.39, 0.29) is 6.10 Å². The number of benzene rings is 1. The lowest BCUT2D eigenvalue weighted by Crippen LogP contribution is -2.45. The molecule has 1 aromatic carbocycles. The first-order chi connectivity index (χ1) is 9.34. The Bertz CT molecular complexity index is 402. The monoisotopic (exact) mass is 261 g/mol. The van der Waals surface area contributed by atoms with Crippen molar-refractivity contribution >= 4 is 0 Å². The first-order valence-electron chi connectivity index (χ1n) is 7.45. The maximum absolute atomic E-state index is 6.34. The van der Waals surface area contributed by atoms with Gasteiger partial charge >= 0.3 is 0 Å². The van der Waals surface area contributed by atoms with Gasteiger partial charge in [-0.1, -0.05) is 43.7 Å². The van der Waals surface area contributed by atoms with Gasteiger partial charge in [-0.2, -0.15) is 0 Å². The summed E-state index contributed by atoms with van der Waals surface area (Å²) in [6.45, 7) is 3.93. The predicted molar refractivity (Wildman–Crippen MR) is 74.9 cm³/mol. The maximum atomic E-state index is 6.34. The summed E-state index contributed by atoms with van der Waals surface area (Å²) in [4.78, 5) is 0. The van der Waals surface area contributed by atoms with Crippen LogP contribution in [-0.4, -0.2) is 25.3 Å². The lowest BCUT2D eigenvalue weighted by molar-refractivity contribution is -0.182. The van der Waals surface area contributed by atoms with Crippen molar-refractivity contribution in [1.82, 2.24) is 5.32 Å². The van der Waals surface area contributed by atoms with Crippen molar-refractivity contribution in [3.05, 3.63) is 35.9 Å². The fourth-order valence-electron chi connectivity index (χ4n) is 3.16. The first-order valence-corrected chi connectivity index (χ1v) is 7.45. The van der Waals surface area contributed by atoms with Crippen molar-refractivity contribution in [3.63, 3.8) is 0 Å². The minimum Gasteiger partial charge on any atom is -0.343 e. The molecule has 3 nitrogen and oxygen atoms in total. The molecule has 2 fully saturated rings. The van der Waals surface area contributed by atoms with Crippen LogP contribution in [0.15, 0.2) is 30.3 Å². The van der Waals surface area contributed by atoms with Gasteiger partial charge in [0.2, 0.25) is 0 Å². The highest BCUT2D eigenvalue weighted by Crippen LogP contribution is 2.38. The lowest BCUT2D eigenvalue weighted by Gasteiger charge is -2.31. The van der Waals surface area contributed by atoms with Crippen LogP contribution in [0.3, 0.4) is 0 Å². The summed E-state index contributed by atoms with van der Waals surface area (Å²) in [5, 5.41) is 3.57. The van der Waals surface area contributed by atoms with Gasteiger partial charge in [0.1, 0.15) is 6.10 Å². The van der Waals surface area contributed by atoms with E-state index < -0.39 is 5.79 Å². The number of hydrogen-bond donors (Lipinski definition) is 1. The molecule has 0 radical (unpaired) electrons. The number of nitrogens with one attached hydrogen (secondary N) is 1. The first kappa shape index (κ1) is 13.1. The van der Waals surface area contributed by atoms with Crippen molar-refractivity contribution in [2.45, 2.75) is 50.5 Å². The topological polar surface area (TPSA) is 30.5 Å². The second kappa shape index (κ2) is 5.61. The van der Waals surface area contributed by atoms with Crippen LogP contribution >= 0.6 is 0 Å². The van der Waals surface area contributed by atoms with Crippen molar-refractivity contribution in [3.8, 4) is 0 Å². The van der Waals surface area contributed by atoms with Crippen LogP contribution in [0.2, 0.25) is 0 Å². The Morgan fingerprint density at radius 2 is 2.11 bits per heavy atom. The number of ether oxygens (including phenoxy) is 2. The summed E-state index contributed by atoms with van der Waals surface area (Å²) in [7, 11) is 0. The van der Waals surface area contributed by atoms with Gasteiger partial charge in [0, 0.05) is 18.0 Å². The summed E-state index contributed by atoms with van der Waals surface area (Å²) in [6.07, 6.45) is 4.80. The second-order valence-electron chi connectivity index (χ2n) is 5.50. The molecule has 1 unspecified atom stereocenters. The van der Waals surface area contributed by atoms with Gasteiger partial charge in [0.15, 0.2) is 5.79 Å². The van der Waals surface area contributed by atoms with E-state index in [0.717, 1.165) is 18.5 Å². The Kier molecular flexibility index (Phi) is 3.87. The predicted octanol–water partition coefficient (Wildman–Crippen LogP) is 2.81. The van der Waals surface area contributed by atoms with Gasteiger partial charge < -0.3 is 14.8 Å². The van der Waals surface area contributed by atoms with Crippen LogP contribution in [0.4, 0.5) is 0 Å². The average Bonchev–Trinajstić information content (AvgIpc) is 2.95. The maximum Gasteiger partial charge on any atom is 0.195 e. The summed E-state index contributed by atoms with van der Waals surface area (Å²) in [5.74, 6) is -0.537. The van der Waals surface area contributed by atoms with Crippen molar-refractivity contribution in [2.75, 3.05) is 13.2 Å². The zero-order valence-corrected chi connectivity index (χ0v) is 11.6. The van der Waals surface area contributed by atoms with Crippen LogP contribution in [0.1, 0.15) is 38.2 Å². The van der Waals surface area contributed by atoms with Gasteiger partial charge in [0.25, 0.3) is 0 Å². The molecule has 1 N–H and O–H groups in total. The Morgan fingerprint density at radius 1 is 1.26 bits per heavy atom. The third kappa shape index (κ3) is 2.55. The molecule has 0 saturated carbocycles. The molecule has 0 amide bonds. The fourth-order valence-corrected chi connectivity index (χ4v) is 3.16. The molecule has 0 aliphatic carbocycles. The highest BCUT2D eigenvalue weighted by molar-refractivity contribution is 5.21. The molecular formula is C16H23NO2. The van der Waals surface area contributed by atoms with Gasteiger partial charge in [-0.15, -0.1) is 0 Å². The Hall–Kier alpha value is -0.900. The second-order valence-corrected chi connectivity index (χ2v) is 5.50. The largest absolute Gasteiger partial charge is 0.343 e. The third-order valence-electron chi connectivity index (χ3n) is 4.30. The molecule has 0 bridgehead atoms. The summed E-state index contributed by atoms with van der Waals surface area (Å²) in [6, 6.07) is 10.8. The Labute approximate surface area is 115 Å². The molecular weight excluding hydrogens is 238 g/mol. The summed E-state index contributed by atoms with van der Waals surface area (Å²) < 4.78 is 12.4. The Balaban J connectivity index is 1.75. The normalized spacial score (nSPS) is 35.4. The van der Waals surface area contributed by atoms with E-state index >= 15 is 0 Å². The van der Waals surface area contributed by atoms with Gasteiger partial charge in [0.05, 0.1) is 6.61 Å². The van der Waals surface area contributed by atoms with Gasteiger partial charge in [-0.3, -0.25) is 0 Å². The quantitative estimate of drug-likeness (QED) is 0.907. The van der Waals surface area contributed by atoms with Crippen molar-refractivity contribution in [1.29, 1.82) is 0 Å². The Morgan fingerprint density at radius 3 is 2.79 bits per heavy atom. The van der Waals surface area contributed by atoms with Crippen LogP contribution in [-0.2, 0) is 15.3 Å². The highest BCUT2D eigenvalue weighted by atomic mass is 16.7. The minimum absolute atomic E-state index is 0.181. The molecule has 2 heterocycles. The van der Waals surface area contributed by atoms with E-state index in [0.29, 0.717) is 12.6 Å². The van der Waals surface area contributed by atoms with E-state index in [1.54, 1.807) is 0 Å². The van der Waals surface area contributed by atoms with Crippen LogP contribution in [0.5, 0.6) is 0 Å². The fraction of sp³-hybridized carbons (Fsp3) is 0.625. The zero-order chi connectivity index (χ0) is 13.1. The number of piperidine rings is 1. The minimum atomic E-state index is -0.537. The molecule has 3 rings (SSSR count). The van der Waals surface area contributed by atoms with Crippen molar-refractivity contribution < 1.29 is 9.47 Å². The third-order valence-corrected chi connectivity index (χ3v) is 4.30. The van der Waals surface area contributed by atoms with E-state index in [9.17, 15) is 0 Å². The highest BCUT2D eigenvalue weighted by Gasteiger charge is 2.44. The zero-order valence-electron chi connectivity index (χ0n) is 11.6. The van der Waals surface area contributed by atoms with Crippen molar-refractivity contribution in [2.24, 2.45) is 0 Å². The molecule has 3 atom stereocenters. The SMILES string of the molecule is CC[C@]1(c2ccccc2)OCC([C@@H]2CCCCN2)O1. The number of hydrogen-bond acceptors (Lipinski definition) is 3. The van der Waals surface area contributed by atoms with Crippen LogP contribution in [0.25, 0.3) is 0 Å². The van der Waals surface area contributed by atoms with Crippen LogP contribution in [0, 0.1) is 0 Å². The smallest absolute Gasteiger partial charge is 0.195 e. The molecule has 104 valence electrons. The van der Waals surface area contributed by atoms with E-state index in [4.69, 9.17) is 9.47 Å². The molecule has 0 spiro atoms. The van der Waals surface area contributed by atoms with E-state index in [2.05, 4.69) is 24.4 Å². The molecule has 1 aromatic rings. The van der Waals surface area contributed by atoms with E-state index in [1.165, 1.54) is 19.3 Å². The molecule has 2 saturated heterocycles. The standard InChI is InChI=1S/C16H23NO2/c1-2-16(13-8-4-3-5-9-13)18-12-15(19-16)14-10-6-7-11-17-14/h3-5,8-9,14-15,17H,2,6-7,10-12H2,1H3/t14-,15?,16-/m0/s1. The molecule has 2 aliphatic heterocycles. The molecule has 19 heavy (non-hydrogen) atoms. The van der Waals surface area contributed by atoms with Gasteiger partial charge in [-0.25, -0.2) is 0 Å². The summed E-state index contributed by atoms with van der Waals surface area (Å²) in [5.41, 5.74) is 1.14. The van der Waals surface area contributed by atoms with Gasteiger partial charge in [-0.05, 0) is 19.4 Å². The number of rotatable bonds is 3. The molecule has 2 aliphatic rings. The lowest BCUT2D eigenvalue weighted by atomic mass is 10.00. The average molecular weight is 261 g/mol. The molecule has 3 heteroatoms. The van der Waals surface area contributed by atoms with Crippen LogP contribution < -0.4 is 5.32 Å². The summed E-state index contributed by atoms with van der Waals surface area (Å²) >= 11 is 0. The molecule has 0 aromatic heterocycles.